The van der Waals surface area contributed by atoms with Gasteiger partial charge in [0.15, 0.2) is 0 Å². The topological polar surface area (TPSA) is 25.5 Å². The molecule has 66 valence electrons. The van der Waals surface area contributed by atoms with Crippen LogP contribution in [0.25, 0.3) is 0 Å². The van der Waals surface area contributed by atoms with Crippen molar-refractivity contribution in [2.75, 3.05) is 6.54 Å². The number of furan rings is 1. The highest BCUT2D eigenvalue weighted by molar-refractivity contribution is 5.96. The Morgan fingerprint density at radius 1 is 1.58 bits per heavy atom. The summed E-state index contributed by atoms with van der Waals surface area (Å²) in [5.74, 6) is 0.881. The fourth-order valence-corrected chi connectivity index (χ4v) is 0.967. The smallest absolute Gasteiger partial charge is 0.147 e. The Morgan fingerprint density at radius 2 is 2.42 bits per heavy atom. The molecule has 0 saturated carbocycles. The molecule has 0 saturated heterocycles. The van der Waals surface area contributed by atoms with E-state index in [-0.39, 0.29) is 0 Å². The van der Waals surface area contributed by atoms with E-state index in [2.05, 4.69) is 11.9 Å². The molecule has 2 heteroatoms. The Hall–Kier alpha value is -1.05. The van der Waals surface area contributed by atoms with E-state index >= 15 is 0 Å². The molecule has 2 nitrogen and oxygen atoms in total. The molecule has 0 radical (unpaired) electrons. The second kappa shape index (κ2) is 4.75. The SMILES string of the molecule is CCCCN=C(C)c1ccco1. The number of aliphatic imine (C=N–C) groups is 1. The summed E-state index contributed by atoms with van der Waals surface area (Å²) in [4.78, 5) is 4.38. The number of unbranched alkanes of at least 4 members (excludes halogenated alkanes) is 1. The summed E-state index contributed by atoms with van der Waals surface area (Å²) in [6.45, 7) is 5.05. The lowest BCUT2D eigenvalue weighted by molar-refractivity contribution is 0.556. The molecule has 0 aliphatic rings. The fourth-order valence-electron chi connectivity index (χ4n) is 0.967. The molecule has 1 rings (SSSR count). The lowest BCUT2D eigenvalue weighted by Crippen LogP contribution is -1.93. The second-order valence-corrected chi connectivity index (χ2v) is 2.80. The van der Waals surface area contributed by atoms with Gasteiger partial charge in [-0.3, -0.25) is 4.99 Å². The molecule has 0 spiro atoms. The molecular formula is C10H15NO. The predicted octanol–water partition coefficient (Wildman–Crippen LogP) is 2.89. The molecular weight excluding hydrogens is 150 g/mol. The van der Waals surface area contributed by atoms with E-state index < -0.39 is 0 Å². The maximum atomic E-state index is 5.20. The highest BCUT2D eigenvalue weighted by atomic mass is 16.3. The first-order chi connectivity index (χ1) is 5.84. The Labute approximate surface area is 73.3 Å². The van der Waals surface area contributed by atoms with Gasteiger partial charge >= 0.3 is 0 Å². The Kier molecular flexibility index (Phi) is 3.58. The number of hydrogen-bond donors (Lipinski definition) is 0. The Bertz CT molecular complexity index is 236. The van der Waals surface area contributed by atoms with Crippen LogP contribution in [0, 0.1) is 0 Å². The minimum absolute atomic E-state index is 0.881. The summed E-state index contributed by atoms with van der Waals surface area (Å²) >= 11 is 0. The number of rotatable bonds is 4. The van der Waals surface area contributed by atoms with Gasteiger partial charge in [0, 0.05) is 6.54 Å². The van der Waals surface area contributed by atoms with Crippen molar-refractivity contribution < 1.29 is 4.42 Å². The second-order valence-electron chi connectivity index (χ2n) is 2.80. The van der Waals surface area contributed by atoms with E-state index in [1.165, 1.54) is 6.42 Å². The first kappa shape index (κ1) is 9.04. The van der Waals surface area contributed by atoms with E-state index in [1.54, 1.807) is 6.26 Å². The molecule has 0 aliphatic heterocycles. The van der Waals surface area contributed by atoms with Crippen LogP contribution in [-0.2, 0) is 0 Å². The summed E-state index contributed by atoms with van der Waals surface area (Å²) in [6.07, 6.45) is 4.02. The van der Waals surface area contributed by atoms with Gasteiger partial charge in [-0.25, -0.2) is 0 Å². The van der Waals surface area contributed by atoms with Crippen molar-refractivity contribution in [1.82, 2.24) is 0 Å². The summed E-state index contributed by atoms with van der Waals surface area (Å²) in [5, 5.41) is 0. The summed E-state index contributed by atoms with van der Waals surface area (Å²) < 4.78 is 5.20. The largest absolute Gasteiger partial charge is 0.463 e. The van der Waals surface area contributed by atoms with Crippen LogP contribution in [0.3, 0.4) is 0 Å². The maximum absolute atomic E-state index is 5.20. The maximum Gasteiger partial charge on any atom is 0.147 e. The predicted molar refractivity (Wildman–Crippen MR) is 50.7 cm³/mol. The zero-order chi connectivity index (χ0) is 8.81. The van der Waals surface area contributed by atoms with Crippen molar-refractivity contribution in [1.29, 1.82) is 0 Å². The van der Waals surface area contributed by atoms with Gasteiger partial charge < -0.3 is 4.42 Å². The molecule has 0 amide bonds. The minimum Gasteiger partial charge on any atom is -0.463 e. The molecule has 0 bridgehead atoms. The average Bonchev–Trinajstić information content (AvgIpc) is 2.56. The van der Waals surface area contributed by atoms with E-state index in [0.29, 0.717) is 0 Å². The normalized spacial score (nSPS) is 12.0. The first-order valence-electron chi connectivity index (χ1n) is 4.39. The van der Waals surface area contributed by atoms with Crippen LogP contribution in [0.1, 0.15) is 32.4 Å². The zero-order valence-electron chi connectivity index (χ0n) is 7.71. The lowest BCUT2D eigenvalue weighted by atomic mass is 10.3. The van der Waals surface area contributed by atoms with E-state index in [0.717, 1.165) is 24.4 Å². The van der Waals surface area contributed by atoms with Gasteiger partial charge in [0.2, 0.25) is 0 Å². The van der Waals surface area contributed by atoms with Crippen LogP contribution in [0.5, 0.6) is 0 Å². The summed E-state index contributed by atoms with van der Waals surface area (Å²) in [7, 11) is 0. The van der Waals surface area contributed by atoms with Crippen LogP contribution < -0.4 is 0 Å². The molecule has 1 aromatic rings. The third-order valence-corrected chi connectivity index (χ3v) is 1.74. The van der Waals surface area contributed by atoms with Crippen LogP contribution in [0.15, 0.2) is 27.8 Å². The molecule has 1 aromatic heterocycles. The standard InChI is InChI=1S/C10H15NO/c1-3-4-7-11-9(2)10-6-5-8-12-10/h5-6,8H,3-4,7H2,1-2H3. The molecule has 0 aromatic carbocycles. The van der Waals surface area contributed by atoms with Gasteiger partial charge in [-0.05, 0) is 25.5 Å². The van der Waals surface area contributed by atoms with Gasteiger partial charge in [-0.2, -0.15) is 0 Å². The van der Waals surface area contributed by atoms with E-state index in [9.17, 15) is 0 Å². The van der Waals surface area contributed by atoms with Crippen LogP contribution in [0.2, 0.25) is 0 Å². The van der Waals surface area contributed by atoms with Crippen LogP contribution in [0.4, 0.5) is 0 Å². The van der Waals surface area contributed by atoms with Gasteiger partial charge in [-0.15, -0.1) is 0 Å². The Morgan fingerprint density at radius 3 is 3.00 bits per heavy atom. The van der Waals surface area contributed by atoms with Crippen LogP contribution >= 0.6 is 0 Å². The summed E-state index contributed by atoms with van der Waals surface area (Å²) in [6, 6.07) is 3.82. The van der Waals surface area contributed by atoms with Crippen molar-refractivity contribution in [3.05, 3.63) is 24.2 Å². The van der Waals surface area contributed by atoms with Crippen molar-refractivity contribution >= 4 is 5.71 Å². The van der Waals surface area contributed by atoms with Gasteiger partial charge in [0.05, 0.1) is 12.0 Å². The Balaban J connectivity index is 2.47. The van der Waals surface area contributed by atoms with Crippen molar-refractivity contribution in [2.45, 2.75) is 26.7 Å². The van der Waals surface area contributed by atoms with Crippen molar-refractivity contribution in [3.8, 4) is 0 Å². The molecule has 0 fully saturated rings. The highest BCUT2D eigenvalue weighted by Crippen LogP contribution is 2.02. The number of nitrogens with zero attached hydrogens (tertiary/aromatic N) is 1. The zero-order valence-corrected chi connectivity index (χ0v) is 7.71. The average molecular weight is 165 g/mol. The third kappa shape index (κ3) is 2.53. The molecule has 0 unspecified atom stereocenters. The van der Waals surface area contributed by atoms with Gasteiger partial charge in [0.1, 0.15) is 5.76 Å². The van der Waals surface area contributed by atoms with Crippen LogP contribution in [-0.4, -0.2) is 12.3 Å². The minimum atomic E-state index is 0.881. The highest BCUT2D eigenvalue weighted by Gasteiger charge is 1.97. The quantitative estimate of drug-likeness (QED) is 0.497. The molecule has 12 heavy (non-hydrogen) atoms. The molecule has 1 heterocycles. The number of hydrogen-bond acceptors (Lipinski definition) is 2. The van der Waals surface area contributed by atoms with E-state index in [1.807, 2.05) is 19.1 Å². The van der Waals surface area contributed by atoms with E-state index in [4.69, 9.17) is 4.42 Å². The summed E-state index contributed by atoms with van der Waals surface area (Å²) in [5.41, 5.74) is 0.994. The first-order valence-corrected chi connectivity index (χ1v) is 4.39. The van der Waals surface area contributed by atoms with Gasteiger partial charge in [-0.1, -0.05) is 13.3 Å². The lowest BCUT2D eigenvalue weighted by Gasteiger charge is -1.95. The monoisotopic (exact) mass is 165 g/mol. The van der Waals surface area contributed by atoms with Crippen molar-refractivity contribution in [2.24, 2.45) is 4.99 Å². The van der Waals surface area contributed by atoms with Gasteiger partial charge in [0.25, 0.3) is 0 Å². The molecule has 0 atom stereocenters. The van der Waals surface area contributed by atoms with Crippen molar-refractivity contribution in [3.63, 3.8) is 0 Å². The molecule has 0 aliphatic carbocycles. The third-order valence-electron chi connectivity index (χ3n) is 1.74. The molecule has 0 N–H and O–H groups in total. The fraction of sp³-hybridized carbons (Fsp3) is 0.500.